The van der Waals surface area contributed by atoms with Gasteiger partial charge in [-0.1, -0.05) is 0 Å². The lowest BCUT2D eigenvalue weighted by Gasteiger charge is -2.25. The summed E-state index contributed by atoms with van der Waals surface area (Å²) in [6.07, 6.45) is 4.19. The fraction of sp³-hybridized carbons (Fsp3) is 1.00. The van der Waals surface area contributed by atoms with E-state index in [0.29, 0.717) is 0 Å². The Morgan fingerprint density at radius 2 is 2.21 bits per heavy atom. The van der Waals surface area contributed by atoms with E-state index >= 15 is 0 Å². The van der Waals surface area contributed by atoms with Crippen molar-refractivity contribution in [2.45, 2.75) is 38.3 Å². The van der Waals surface area contributed by atoms with E-state index in [1.165, 1.54) is 50.4 Å². The van der Waals surface area contributed by atoms with Crippen LogP contribution in [-0.2, 0) is 0 Å². The Balaban J connectivity index is 1.63. The molecule has 2 rings (SSSR count). The second-order valence-electron chi connectivity index (χ2n) is 4.56. The van der Waals surface area contributed by atoms with Gasteiger partial charge >= 0.3 is 0 Å². The van der Waals surface area contributed by atoms with Crippen molar-refractivity contribution in [2.24, 2.45) is 0 Å². The Labute approximate surface area is 91.8 Å². The van der Waals surface area contributed by atoms with Crippen LogP contribution in [0.1, 0.15) is 26.2 Å². The van der Waals surface area contributed by atoms with Crippen molar-refractivity contribution in [2.75, 3.05) is 31.1 Å². The molecular weight excluding hydrogens is 192 g/mol. The summed E-state index contributed by atoms with van der Waals surface area (Å²) in [7, 11) is 0. The van der Waals surface area contributed by atoms with Crippen LogP contribution in [0.25, 0.3) is 0 Å². The van der Waals surface area contributed by atoms with Crippen LogP contribution in [0.2, 0.25) is 0 Å². The summed E-state index contributed by atoms with van der Waals surface area (Å²) in [6, 6.07) is 1.54. The van der Waals surface area contributed by atoms with Crippen LogP contribution in [0.3, 0.4) is 0 Å². The minimum atomic E-state index is 0.739. The number of hydrogen-bond acceptors (Lipinski definition) is 3. The lowest BCUT2D eigenvalue weighted by Crippen LogP contribution is -2.42. The Kier molecular flexibility index (Phi) is 4.14. The average molecular weight is 214 g/mol. The first-order chi connectivity index (χ1) is 6.86. The first-order valence-corrected chi connectivity index (χ1v) is 7.07. The summed E-state index contributed by atoms with van der Waals surface area (Å²) in [6.45, 7) is 6.19. The SMILES string of the molecule is CC(CNC1CCSC1)N1CCCC1. The number of nitrogens with one attached hydrogen (secondary N) is 1. The van der Waals surface area contributed by atoms with E-state index in [0.717, 1.165) is 12.1 Å². The van der Waals surface area contributed by atoms with Crippen molar-refractivity contribution in [1.29, 1.82) is 0 Å². The number of hydrogen-bond donors (Lipinski definition) is 1. The molecule has 2 atom stereocenters. The van der Waals surface area contributed by atoms with Crippen molar-refractivity contribution in [1.82, 2.24) is 10.2 Å². The smallest absolute Gasteiger partial charge is 0.0192 e. The van der Waals surface area contributed by atoms with Gasteiger partial charge in [0.2, 0.25) is 0 Å². The van der Waals surface area contributed by atoms with Crippen LogP contribution in [0.4, 0.5) is 0 Å². The molecule has 2 fully saturated rings. The first-order valence-electron chi connectivity index (χ1n) is 5.91. The van der Waals surface area contributed by atoms with Gasteiger partial charge in [0, 0.05) is 24.4 Å². The Hall–Kier alpha value is 0.270. The van der Waals surface area contributed by atoms with Crippen molar-refractivity contribution in [3.8, 4) is 0 Å². The molecule has 2 saturated heterocycles. The Morgan fingerprint density at radius 3 is 2.86 bits per heavy atom. The van der Waals surface area contributed by atoms with Crippen LogP contribution >= 0.6 is 11.8 Å². The lowest BCUT2D eigenvalue weighted by atomic mass is 10.2. The number of nitrogens with zero attached hydrogens (tertiary/aromatic N) is 1. The normalized spacial score (nSPS) is 31.1. The van der Waals surface area contributed by atoms with Gasteiger partial charge in [0.1, 0.15) is 0 Å². The Morgan fingerprint density at radius 1 is 1.43 bits per heavy atom. The van der Waals surface area contributed by atoms with Crippen molar-refractivity contribution in [3.63, 3.8) is 0 Å². The van der Waals surface area contributed by atoms with Gasteiger partial charge in [-0.25, -0.2) is 0 Å². The second-order valence-corrected chi connectivity index (χ2v) is 5.71. The molecule has 2 nitrogen and oxygen atoms in total. The van der Waals surface area contributed by atoms with Gasteiger partial charge in [-0.2, -0.15) is 11.8 Å². The molecule has 0 radical (unpaired) electrons. The molecule has 1 N–H and O–H groups in total. The molecule has 0 saturated carbocycles. The van der Waals surface area contributed by atoms with Crippen LogP contribution < -0.4 is 5.32 Å². The predicted molar refractivity (Wildman–Crippen MR) is 64.0 cm³/mol. The quantitative estimate of drug-likeness (QED) is 0.765. The van der Waals surface area contributed by atoms with Crippen molar-refractivity contribution >= 4 is 11.8 Å². The van der Waals surface area contributed by atoms with Gasteiger partial charge in [0.15, 0.2) is 0 Å². The lowest BCUT2D eigenvalue weighted by molar-refractivity contribution is 0.247. The molecular formula is C11H22N2S. The van der Waals surface area contributed by atoms with E-state index in [2.05, 4.69) is 28.9 Å². The summed E-state index contributed by atoms with van der Waals surface area (Å²) in [5.41, 5.74) is 0. The third kappa shape index (κ3) is 2.88. The van der Waals surface area contributed by atoms with Gasteiger partial charge in [0.25, 0.3) is 0 Å². The molecule has 0 aliphatic carbocycles. The van der Waals surface area contributed by atoms with E-state index in [1.807, 2.05) is 0 Å². The van der Waals surface area contributed by atoms with E-state index < -0.39 is 0 Å². The highest BCUT2D eigenvalue weighted by molar-refractivity contribution is 7.99. The fourth-order valence-electron chi connectivity index (χ4n) is 2.34. The molecule has 3 heteroatoms. The van der Waals surface area contributed by atoms with Gasteiger partial charge in [-0.05, 0) is 45.0 Å². The molecule has 0 aromatic heterocycles. The molecule has 2 aliphatic heterocycles. The molecule has 0 spiro atoms. The van der Waals surface area contributed by atoms with E-state index in [4.69, 9.17) is 0 Å². The maximum atomic E-state index is 3.70. The van der Waals surface area contributed by atoms with Gasteiger partial charge in [0.05, 0.1) is 0 Å². The van der Waals surface area contributed by atoms with E-state index in [-0.39, 0.29) is 0 Å². The maximum Gasteiger partial charge on any atom is 0.0192 e. The Bertz CT molecular complexity index is 163. The largest absolute Gasteiger partial charge is 0.312 e. The maximum absolute atomic E-state index is 3.70. The number of likely N-dealkylation sites (tertiary alicyclic amines) is 1. The highest BCUT2D eigenvalue weighted by Crippen LogP contribution is 2.17. The average Bonchev–Trinajstić information content (AvgIpc) is 2.87. The molecule has 14 heavy (non-hydrogen) atoms. The van der Waals surface area contributed by atoms with Crippen molar-refractivity contribution < 1.29 is 0 Å². The van der Waals surface area contributed by atoms with Gasteiger partial charge < -0.3 is 5.32 Å². The summed E-state index contributed by atoms with van der Waals surface area (Å²) in [5, 5.41) is 3.70. The summed E-state index contributed by atoms with van der Waals surface area (Å²) >= 11 is 2.09. The minimum Gasteiger partial charge on any atom is -0.312 e. The third-order valence-electron chi connectivity index (χ3n) is 3.40. The molecule has 0 amide bonds. The molecule has 0 bridgehead atoms. The third-order valence-corrected chi connectivity index (χ3v) is 4.56. The van der Waals surface area contributed by atoms with Crippen molar-refractivity contribution in [3.05, 3.63) is 0 Å². The monoisotopic (exact) mass is 214 g/mol. The highest BCUT2D eigenvalue weighted by Gasteiger charge is 2.20. The van der Waals surface area contributed by atoms with E-state index in [9.17, 15) is 0 Å². The number of rotatable bonds is 4. The zero-order valence-corrected chi connectivity index (χ0v) is 9.98. The van der Waals surface area contributed by atoms with Gasteiger partial charge in [-0.3, -0.25) is 4.90 Å². The molecule has 82 valence electrons. The van der Waals surface area contributed by atoms with Crippen LogP contribution in [0.5, 0.6) is 0 Å². The highest BCUT2D eigenvalue weighted by atomic mass is 32.2. The summed E-state index contributed by atoms with van der Waals surface area (Å²) in [4.78, 5) is 2.62. The van der Waals surface area contributed by atoms with Gasteiger partial charge in [-0.15, -0.1) is 0 Å². The van der Waals surface area contributed by atoms with Crippen LogP contribution in [0, 0.1) is 0 Å². The second kappa shape index (κ2) is 5.38. The first kappa shape index (κ1) is 10.8. The van der Waals surface area contributed by atoms with Crippen LogP contribution in [-0.4, -0.2) is 48.1 Å². The standard InChI is InChI=1S/C11H22N2S/c1-10(13-5-2-3-6-13)8-12-11-4-7-14-9-11/h10-12H,2-9H2,1H3. The molecule has 0 aromatic carbocycles. The summed E-state index contributed by atoms with van der Waals surface area (Å²) in [5.74, 6) is 2.68. The molecule has 2 aliphatic rings. The predicted octanol–water partition coefficient (Wildman–Crippen LogP) is 1.57. The fourth-order valence-corrected chi connectivity index (χ4v) is 3.53. The molecule has 0 aromatic rings. The van der Waals surface area contributed by atoms with Crippen LogP contribution in [0.15, 0.2) is 0 Å². The summed E-state index contributed by atoms with van der Waals surface area (Å²) < 4.78 is 0. The minimum absolute atomic E-state index is 0.739. The zero-order valence-electron chi connectivity index (χ0n) is 9.17. The molecule has 2 heterocycles. The number of thioether (sulfide) groups is 1. The zero-order chi connectivity index (χ0) is 9.80. The molecule has 2 unspecified atom stereocenters. The topological polar surface area (TPSA) is 15.3 Å². The van der Waals surface area contributed by atoms with E-state index in [1.54, 1.807) is 0 Å².